The van der Waals surface area contributed by atoms with Crippen molar-refractivity contribution in [3.8, 4) is 0 Å². The third-order valence-electron chi connectivity index (χ3n) is 4.92. The number of carbonyl (C=O) groups is 2. The number of aromatic nitrogens is 2. The highest BCUT2D eigenvalue weighted by atomic mass is 79.9. The van der Waals surface area contributed by atoms with Crippen LogP contribution in [-0.2, 0) is 17.9 Å². The van der Waals surface area contributed by atoms with E-state index in [2.05, 4.69) is 0 Å². The molecule has 3 aromatic rings. The molecule has 2 aromatic carbocycles. The monoisotopic (exact) mass is 592 g/mol. The number of halogens is 4. The van der Waals surface area contributed by atoms with Crippen molar-refractivity contribution in [3.05, 3.63) is 63.7 Å². The van der Waals surface area contributed by atoms with Crippen LogP contribution in [0.5, 0.6) is 0 Å². The Morgan fingerprint density at radius 1 is 1.03 bits per heavy atom. The molecule has 0 bridgehead atoms. The van der Waals surface area contributed by atoms with E-state index in [1.807, 2.05) is 6.07 Å². The Labute approximate surface area is 211 Å². The number of aryl methyl sites for hydroxylation is 1. The summed E-state index contributed by atoms with van der Waals surface area (Å²) in [6.07, 6.45) is 0.669. The minimum absolute atomic E-state index is 0. The molecule has 3 rings (SSSR count). The summed E-state index contributed by atoms with van der Waals surface area (Å²) in [6, 6.07) is 12.1. The topological polar surface area (TPSA) is 71.1 Å². The zero-order valence-electron chi connectivity index (χ0n) is 17.1. The predicted molar refractivity (Wildman–Crippen MR) is 135 cm³/mol. The average molecular weight is 595 g/mol. The molecule has 0 aliphatic heterocycles. The Morgan fingerprint density at radius 2 is 1.68 bits per heavy atom. The maximum absolute atomic E-state index is 12.8. The first-order valence-corrected chi connectivity index (χ1v) is 9.98. The molecule has 0 fully saturated rings. The highest BCUT2D eigenvalue weighted by Gasteiger charge is 2.17. The highest BCUT2D eigenvalue weighted by Crippen LogP contribution is 2.23. The molecule has 1 amide bonds. The maximum Gasteiger partial charge on any atom is 0.219 e. The van der Waals surface area contributed by atoms with E-state index >= 15 is 0 Å². The minimum Gasteiger partial charge on any atom is -0.346 e. The molecule has 0 aliphatic rings. The highest BCUT2D eigenvalue weighted by molar-refractivity contribution is 8.93. The average Bonchev–Trinajstić information content (AvgIpc) is 2.95. The number of para-hydroxylation sites is 1. The fourth-order valence-corrected chi connectivity index (χ4v) is 3.62. The molecule has 0 saturated heterocycles. The maximum atomic E-state index is 12.8. The van der Waals surface area contributed by atoms with Gasteiger partial charge in [-0.05, 0) is 42.8 Å². The number of hydrogen-bond acceptors (Lipinski definition) is 3. The summed E-state index contributed by atoms with van der Waals surface area (Å²) in [6.45, 7) is 2.63. The Balaban J connectivity index is 0.00000240. The second-order valence-corrected chi connectivity index (χ2v) is 7.74. The Bertz CT molecular complexity index is 1130. The summed E-state index contributed by atoms with van der Waals surface area (Å²) in [5.41, 5.74) is 2.17. The number of benzene rings is 2. The SMILES string of the molecule is Br.Br.CC(=O)N(C)CCCn1c(=N)n(CC(=O)c2ccc(Cl)cc2)c2cccc(Cl)c21. The summed E-state index contributed by atoms with van der Waals surface area (Å²) >= 11 is 12.3. The number of carbonyl (C=O) groups excluding carboxylic acids is 2. The zero-order chi connectivity index (χ0) is 21.1. The van der Waals surface area contributed by atoms with E-state index in [4.69, 9.17) is 28.6 Å². The molecule has 168 valence electrons. The van der Waals surface area contributed by atoms with Gasteiger partial charge in [0.15, 0.2) is 5.78 Å². The molecule has 0 saturated carbocycles. The van der Waals surface area contributed by atoms with E-state index < -0.39 is 0 Å². The first kappa shape index (κ1) is 27.4. The van der Waals surface area contributed by atoms with Crippen molar-refractivity contribution in [2.45, 2.75) is 26.4 Å². The summed E-state index contributed by atoms with van der Waals surface area (Å²) < 4.78 is 3.45. The number of nitrogens with one attached hydrogen (secondary N) is 1. The molecule has 1 heterocycles. The van der Waals surface area contributed by atoms with Gasteiger partial charge in [-0.15, -0.1) is 34.0 Å². The molecular formula is C21H24Br2Cl2N4O2. The molecule has 1 aromatic heterocycles. The number of nitrogens with zero attached hydrogens (tertiary/aromatic N) is 3. The van der Waals surface area contributed by atoms with Crippen molar-refractivity contribution in [2.75, 3.05) is 13.6 Å². The van der Waals surface area contributed by atoms with Crippen LogP contribution >= 0.6 is 57.2 Å². The third kappa shape index (κ3) is 6.22. The minimum atomic E-state index is -0.115. The summed E-state index contributed by atoms with van der Waals surface area (Å²) in [4.78, 5) is 25.8. The number of Topliss-reactive ketones (excluding diaryl/α,β-unsaturated/α-hetero) is 1. The summed E-state index contributed by atoms with van der Waals surface area (Å²) in [7, 11) is 1.75. The van der Waals surface area contributed by atoms with Gasteiger partial charge in [-0.3, -0.25) is 15.0 Å². The van der Waals surface area contributed by atoms with Crippen molar-refractivity contribution in [1.29, 1.82) is 5.41 Å². The number of fused-ring (bicyclic) bond motifs is 1. The molecule has 0 radical (unpaired) electrons. The number of imidazole rings is 1. The van der Waals surface area contributed by atoms with Gasteiger partial charge in [0.1, 0.15) is 0 Å². The van der Waals surface area contributed by atoms with Crippen molar-refractivity contribution in [2.24, 2.45) is 0 Å². The van der Waals surface area contributed by atoms with Gasteiger partial charge >= 0.3 is 0 Å². The van der Waals surface area contributed by atoms with Crippen LogP contribution in [0.25, 0.3) is 11.0 Å². The van der Waals surface area contributed by atoms with Crippen LogP contribution in [0.2, 0.25) is 10.0 Å². The molecule has 10 heteroatoms. The summed E-state index contributed by atoms with van der Waals surface area (Å²) in [5.74, 6) is -0.120. The van der Waals surface area contributed by atoms with Gasteiger partial charge in [0, 0.05) is 37.6 Å². The number of rotatable bonds is 7. The van der Waals surface area contributed by atoms with Crippen LogP contribution in [0.15, 0.2) is 42.5 Å². The van der Waals surface area contributed by atoms with Gasteiger partial charge in [0.05, 0.1) is 22.6 Å². The third-order valence-corrected chi connectivity index (χ3v) is 5.48. The normalized spacial score (nSPS) is 10.3. The lowest BCUT2D eigenvalue weighted by Gasteiger charge is -2.14. The van der Waals surface area contributed by atoms with Gasteiger partial charge in [-0.2, -0.15) is 0 Å². The second-order valence-electron chi connectivity index (χ2n) is 6.89. The van der Waals surface area contributed by atoms with Crippen LogP contribution in [0.4, 0.5) is 0 Å². The van der Waals surface area contributed by atoms with Crippen molar-refractivity contribution < 1.29 is 9.59 Å². The van der Waals surface area contributed by atoms with Crippen LogP contribution < -0.4 is 5.62 Å². The van der Waals surface area contributed by atoms with Gasteiger partial charge < -0.3 is 14.0 Å². The van der Waals surface area contributed by atoms with Crippen LogP contribution in [0.1, 0.15) is 23.7 Å². The fraction of sp³-hybridized carbons (Fsp3) is 0.286. The molecule has 0 spiro atoms. The van der Waals surface area contributed by atoms with Crippen molar-refractivity contribution >= 4 is 79.9 Å². The lowest BCUT2D eigenvalue weighted by molar-refractivity contribution is -0.127. The molecule has 6 nitrogen and oxygen atoms in total. The molecule has 1 N–H and O–H groups in total. The molecule has 0 aliphatic carbocycles. The summed E-state index contributed by atoms with van der Waals surface area (Å²) in [5, 5.41) is 9.73. The van der Waals surface area contributed by atoms with Crippen LogP contribution in [0.3, 0.4) is 0 Å². The van der Waals surface area contributed by atoms with E-state index in [9.17, 15) is 9.59 Å². The Morgan fingerprint density at radius 3 is 2.29 bits per heavy atom. The van der Waals surface area contributed by atoms with E-state index in [-0.39, 0.29) is 57.8 Å². The van der Waals surface area contributed by atoms with Gasteiger partial charge in [-0.25, -0.2) is 0 Å². The van der Waals surface area contributed by atoms with Gasteiger partial charge in [0.2, 0.25) is 11.5 Å². The first-order chi connectivity index (χ1) is 13.8. The number of hydrogen-bond donors (Lipinski definition) is 1. The van der Waals surface area contributed by atoms with Crippen molar-refractivity contribution in [1.82, 2.24) is 14.0 Å². The second kappa shape index (κ2) is 11.9. The fourth-order valence-electron chi connectivity index (χ4n) is 3.23. The van der Waals surface area contributed by atoms with E-state index in [1.54, 1.807) is 57.5 Å². The van der Waals surface area contributed by atoms with Gasteiger partial charge in [-0.1, -0.05) is 29.3 Å². The largest absolute Gasteiger partial charge is 0.346 e. The van der Waals surface area contributed by atoms with Crippen LogP contribution in [0, 0.1) is 5.41 Å². The molecule has 0 unspecified atom stereocenters. The zero-order valence-corrected chi connectivity index (χ0v) is 22.0. The van der Waals surface area contributed by atoms with E-state index in [1.165, 1.54) is 6.92 Å². The molecular weight excluding hydrogens is 571 g/mol. The van der Waals surface area contributed by atoms with E-state index in [0.29, 0.717) is 40.6 Å². The smallest absolute Gasteiger partial charge is 0.219 e. The number of amides is 1. The van der Waals surface area contributed by atoms with E-state index in [0.717, 1.165) is 5.52 Å². The van der Waals surface area contributed by atoms with Crippen molar-refractivity contribution in [3.63, 3.8) is 0 Å². The van der Waals surface area contributed by atoms with Gasteiger partial charge in [0.25, 0.3) is 0 Å². The Hall–Kier alpha value is -1.61. The van der Waals surface area contributed by atoms with Crippen LogP contribution in [-0.4, -0.2) is 39.3 Å². The first-order valence-electron chi connectivity index (χ1n) is 9.22. The molecule has 31 heavy (non-hydrogen) atoms. The Kier molecular flexibility index (Phi) is 10.5. The lowest BCUT2D eigenvalue weighted by Crippen LogP contribution is -2.29. The predicted octanol–water partition coefficient (Wildman–Crippen LogP) is 5.14. The molecule has 0 atom stereocenters. The number of ketones is 1. The standard InChI is InChI=1S/C21H22Cl2N4O2.2BrH/c1-14(28)25(2)11-4-12-26-20-17(23)5-3-6-18(20)27(21(26)24)13-19(29)15-7-9-16(22)10-8-15;;/h3,5-10,24H,4,11-13H2,1-2H3;2*1H. The lowest BCUT2D eigenvalue weighted by atomic mass is 10.1. The quantitative estimate of drug-likeness (QED) is 0.385.